The highest BCUT2D eigenvalue weighted by atomic mass is 35.5. The molecule has 0 aliphatic rings. The second kappa shape index (κ2) is 7.07. The summed E-state index contributed by atoms with van der Waals surface area (Å²) in [7, 11) is 1.57. The molecular formula is C15H15Cl2FN2O. The van der Waals surface area contributed by atoms with Crippen LogP contribution in [-0.4, -0.2) is 12.1 Å². The number of pyridine rings is 1. The first kappa shape index (κ1) is 16.0. The molecule has 6 heteroatoms. The SMILES string of the molecule is COc1ncccc1CNC(C)c1cc(F)c(Cl)cc1Cl. The normalized spacial score (nSPS) is 12.2. The highest BCUT2D eigenvalue weighted by molar-refractivity contribution is 6.35. The predicted octanol–water partition coefficient (Wildman–Crippen LogP) is 4.39. The van der Waals surface area contributed by atoms with E-state index >= 15 is 0 Å². The number of aromatic nitrogens is 1. The Balaban J connectivity index is 2.12. The molecule has 112 valence electrons. The Bertz CT molecular complexity index is 637. The maximum Gasteiger partial charge on any atom is 0.217 e. The van der Waals surface area contributed by atoms with Gasteiger partial charge in [-0.3, -0.25) is 0 Å². The van der Waals surface area contributed by atoms with E-state index in [4.69, 9.17) is 27.9 Å². The maximum atomic E-state index is 13.6. The van der Waals surface area contributed by atoms with E-state index in [1.165, 1.54) is 12.1 Å². The van der Waals surface area contributed by atoms with Gasteiger partial charge in [-0.15, -0.1) is 0 Å². The summed E-state index contributed by atoms with van der Waals surface area (Å²) in [5.41, 5.74) is 1.57. The summed E-state index contributed by atoms with van der Waals surface area (Å²) >= 11 is 11.8. The van der Waals surface area contributed by atoms with Gasteiger partial charge in [-0.25, -0.2) is 9.37 Å². The van der Waals surface area contributed by atoms with Crippen molar-refractivity contribution in [2.24, 2.45) is 0 Å². The first-order valence-corrected chi connectivity index (χ1v) is 7.14. The molecule has 1 aromatic carbocycles. The largest absolute Gasteiger partial charge is 0.481 e. The quantitative estimate of drug-likeness (QED) is 0.826. The van der Waals surface area contributed by atoms with Gasteiger partial charge in [0.25, 0.3) is 0 Å². The van der Waals surface area contributed by atoms with Crippen molar-refractivity contribution in [2.45, 2.75) is 19.5 Å². The van der Waals surface area contributed by atoms with E-state index in [-0.39, 0.29) is 11.1 Å². The highest BCUT2D eigenvalue weighted by Crippen LogP contribution is 2.29. The van der Waals surface area contributed by atoms with Crippen LogP contribution in [0.1, 0.15) is 24.1 Å². The Kier molecular flexibility index (Phi) is 5.39. The number of hydrogen-bond donors (Lipinski definition) is 1. The number of nitrogens with one attached hydrogen (secondary N) is 1. The van der Waals surface area contributed by atoms with E-state index in [2.05, 4.69) is 10.3 Å². The van der Waals surface area contributed by atoms with Gasteiger partial charge < -0.3 is 10.1 Å². The zero-order chi connectivity index (χ0) is 15.4. The van der Waals surface area contributed by atoms with Crippen molar-refractivity contribution in [2.75, 3.05) is 7.11 Å². The summed E-state index contributed by atoms with van der Waals surface area (Å²) in [6.45, 7) is 2.43. The third kappa shape index (κ3) is 3.84. The van der Waals surface area contributed by atoms with Crippen LogP contribution in [0.4, 0.5) is 4.39 Å². The first-order valence-electron chi connectivity index (χ1n) is 6.38. The molecule has 0 bridgehead atoms. The molecule has 0 aliphatic carbocycles. The van der Waals surface area contributed by atoms with Gasteiger partial charge in [-0.05, 0) is 30.7 Å². The predicted molar refractivity (Wildman–Crippen MR) is 82.5 cm³/mol. The molecule has 0 aliphatic heterocycles. The fourth-order valence-electron chi connectivity index (χ4n) is 1.99. The number of rotatable bonds is 5. The number of hydrogen-bond acceptors (Lipinski definition) is 3. The fourth-order valence-corrected chi connectivity index (χ4v) is 2.53. The lowest BCUT2D eigenvalue weighted by molar-refractivity contribution is 0.389. The van der Waals surface area contributed by atoms with Gasteiger partial charge in [0.05, 0.1) is 12.1 Å². The average Bonchev–Trinajstić information content (AvgIpc) is 2.48. The maximum absolute atomic E-state index is 13.6. The average molecular weight is 329 g/mol. The van der Waals surface area contributed by atoms with E-state index in [9.17, 15) is 4.39 Å². The van der Waals surface area contributed by atoms with Gasteiger partial charge in [-0.1, -0.05) is 29.3 Å². The molecule has 2 aromatic rings. The van der Waals surface area contributed by atoms with E-state index in [0.29, 0.717) is 23.0 Å². The van der Waals surface area contributed by atoms with Gasteiger partial charge in [0.2, 0.25) is 5.88 Å². The molecule has 1 aromatic heterocycles. The third-order valence-corrected chi connectivity index (χ3v) is 3.77. The van der Waals surface area contributed by atoms with Crippen LogP contribution < -0.4 is 10.1 Å². The Hall–Kier alpha value is -1.36. The van der Waals surface area contributed by atoms with Gasteiger partial charge in [-0.2, -0.15) is 0 Å². The monoisotopic (exact) mass is 328 g/mol. The van der Waals surface area contributed by atoms with Gasteiger partial charge in [0.15, 0.2) is 0 Å². The molecule has 0 amide bonds. The van der Waals surface area contributed by atoms with Crippen molar-refractivity contribution in [3.05, 3.63) is 57.5 Å². The minimum atomic E-state index is -0.483. The van der Waals surface area contributed by atoms with Crippen molar-refractivity contribution < 1.29 is 9.13 Å². The fraction of sp³-hybridized carbons (Fsp3) is 0.267. The van der Waals surface area contributed by atoms with Crippen molar-refractivity contribution in [3.63, 3.8) is 0 Å². The topological polar surface area (TPSA) is 34.1 Å². The Morgan fingerprint density at radius 1 is 1.33 bits per heavy atom. The van der Waals surface area contributed by atoms with Crippen molar-refractivity contribution in [1.29, 1.82) is 0 Å². The van der Waals surface area contributed by atoms with Gasteiger partial charge in [0.1, 0.15) is 5.82 Å². The zero-order valence-electron chi connectivity index (χ0n) is 11.7. The number of nitrogens with zero attached hydrogens (tertiary/aromatic N) is 1. The van der Waals surface area contributed by atoms with E-state index in [1.807, 2.05) is 19.1 Å². The molecule has 3 nitrogen and oxygen atoms in total. The zero-order valence-corrected chi connectivity index (χ0v) is 13.2. The second-order valence-electron chi connectivity index (χ2n) is 4.56. The summed E-state index contributed by atoms with van der Waals surface area (Å²) in [6.07, 6.45) is 1.66. The van der Waals surface area contributed by atoms with Crippen LogP contribution >= 0.6 is 23.2 Å². The highest BCUT2D eigenvalue weighted by Gasteiger charge is 2.14. The number of ether oxygens (including phenoxy) is 1. The molecule has 21 heavy (non-hydrogen) atoms. The molecular weight excluding hydrogens is 314 g/mol. The standard InChI is InChI=1S/C15H15Cl2FN2O/c1-9(11-6-14(18)13(17)7-12(11)16)20-8-10-4-3-5-19-15(10)21-2/h3-7,9,20H,8H2,1-2H3. The summed E-state index contributed by atoms with van der Waals surface area (Å²) in [4.78, 5) is 4.13. The molecule has 1 heterocycles. The van der Waals surface area contributed by atoms with Crippen LogP contribution in [0.3, 0.4) is 0 Å². The van der Waals surface area contributed by atoms with Crippen LogP contribution in [-0.2, 0) is 6.54 Å². The van der Waals surface area contributed by atoms with Crippen LogP contribution in [0, 0.1) is 5.82 Å². The summed E-state index contributed by atoms with van der Waals surface area (Å²) in [5, 5.41) is 3.71. The lowest BCUT2D eigenvalue weighted by atomic mass is 10.1. The summed E-state index contributed by atoms with van der Waals surface area (Å²) < 4.78 is 18.7. The minimum absolute atomic E-state index is 0.0184. The van der Waals surface area contributed by atoms with Crippen LogP contribution in [0.5, 0.6) is 5.88 Å². The van der Waals surface area contributed by atoms with Crippen molar-refractivity contribution in [3.8, 4) is 5.88 Å². The van der Waals surface area contributed by atoms with E-state index in [0.717, 1.165) is 5.56 Å². The third-order valence-electron chi connectivity index (χ3n) is 3.15. The van der Waals surface area contributed by atoms with E-state index in [1.54, 1.807) is 13.3 Å². The molecule has 1 unspecified atom stereocenters. The Morgan fingerprint density at radius 3 is 2.81 bits per heavy atom. The molecule has 0 fully saturated rings. The molecule has 0 spiro atoms. The molecule has 1 N–H and O–H groups in total. The number of benzene rings is 1. The minimum Gasteiger partial charge on any atom is -0.481 e. The lowest BCUT2D eigenvalue weighted by Gasteiger charge is -2.17. The van der Waals surface area contributed by atoms with Crippen molar-refractivity contribution >= 4 is 23.2 Å². The van der Waals surface area contributed by atoms with Gasteiger partial charge >= 0.3 is 0 Å². The number of halogens is 3. The summed E-state index contributed by atoms with van der Waals surface area (Å²) in [6, 6.07) is 6.36. The molecule has 0 saturated carbocycles. The first-order chi connectivity index (χ1) is 10.0. The molecule has 2 rings (SSSR count). The molecule has 1 atom stereocenters. The lowest BCUT2D eigenvalue weighted by Crippen LogP contribution is -2.19. The number of methoxy groups -OCH3 is 1. The van der Waals surface area contributed by atoms with Crippen LogP contribution in [0.25, 0.3) is 0 Å². The van der Waals surface area contributed by atoms with Crippen LogP contribution in [0.15, 0.2) is 30.5 Å². The van der Waals surface area contributed by atoms with Crippen LogP contribution in [0.2, 0.25) is 10.0 Å². The van der Waals surface area contributed by atoms with E-state index < -0.39 is 5.82 Å². The van der Waals surface area contributed by atoms with Crippen molar-refractivity contribution in [1.82, 2.24) is 10.3 Å². The summed E-state index contributed by atoms with van der Waals surface area (Å²) in [5.74, 6) is 0.0780. The Labute approximate surface area is 133 Å². The second-order valence-corrected chi connectivity index (χ2v) is 5.38. The molecule has 0 saturated heterocycles. The van der Waals surface area contributed by atoms with Gasteiger partial charge in [0, 0.05) is 29.4 Å². The Morgan fingerprint density at radius 2 is 2.10 bits per heavy atom. The molecule has 0 radical (unpaired) electrons. The smallest absolute Gasteiger partial charge is 0.217 e.